The molecule has 3 unspecified atom stereocenters. The summed E-state index contributed by atoms with van der Waals surface area (Å²) in [5.41, 5.74) is -3.56. The maximum absolute atomic E-state index is 13.2. The number of carboxylic acids is 1. The first-order valence-electron chi connectivity index (χ1n) is 9.16. The summed E-state index contributed by atoms with van der Waals surface area (Å²) in [6, 6.07) is 6.03. The number of carbonyl (C=O) groups is 2. The zero-order chi connectivity index (χ0) is 20.5. The lowest BCUT2D eigenvalue weighted by molar-refractivity contribution is -0.151. The highest BCUT2D eigenvalue weighted by molar-refractivity contribution is 8.00. The molecule has 154 valence electrons. The Hall–Kier alpha value is -1.41. The number of aliphatic carboxylic acids is 1. The number of benzene rings is 1. The minimum atomic E-state index is -4.37. The van der Waals surface area contributed by atoms with Crippen LogP contribution in [-0.4, -0.2) is 39.2 Å². The van der Waals surface area contributed by atoms with E-state index in [1.54, 1.807) is 29.2 Å². The molecule has 28 heavy (non-hydrogen) atoms. The van der Waals surface area contributed by atoms with Crippen molar-refractivity contribution in [2.75, 3.05) is 5.75 Å². The molecule has 1 aromatic rings. The lowest BCUT2D eigenvalue weighted by Crippen LogP contribution is -2.51. The third-order valence-electron chi connectivity index (χ3n) is 5.35. The molecule has 1 saturated carbocycles. The average Bonchev–Trinajstić information content (AvgIpc) is 3.43. The highest BCUT2D eigenvalue weighted by Crippen LogP contribution is 2.46. The molecular formula is C19H21ClF3NO3S. The van der Waals surface area contributed by atoms with E-state index in [-0.39, 0.29) is 41.8 Å². The van der Waals surface area contributed by atoms with Gasteiger partial charge in [-0.25, -0.2) is 0 Å². The van der Waals surface area contributed by atoms with Gasteiger partial charge in [-0.05, 0) is 61.1 Å². The summed E-state index contributed by atoms with van der Waals surface area (Å²) in [6.45, 7) is 0. The van der Waals surface area contributed by atoms with Crippen LogP contribution in [0.25, 0.3) is 0 Å². The van der Waals surface area contributed by atoms with Crippen LogP contribution in [0.4, 0.5) is 13.2 Å². The number of amides is 1. The van der Waals surface area contributed by atoms with Gasteiger partial charge in [0.05, 0.1) is 12.5 Å². The van der Waals surface area contributed by atoms with Gasteiger partial charge in [-0.1, -0.05) is 23.7 Å². The molecule has 9 heteroatoms. The number of piperidine rings is 1. The van der Waals surface area contributed by atoms with Gasteiger partial charge >= 0.3 is 11.5 Å². The van der Waals surface area contributed by atoms with Gasteiger partial charge in [0.2, 0.25) is 5.91 Å². The van der Waals surface area contributed by atoms with Gasteiger partial charge in [-0.15, -0.1) is 0 Å². The molecule has 1 saturated heterocycles. The van der Waals surface area contributed by atoms with Gasteiger partial charge in [-0.2, -0.15) is 13.2 Å². The molecule has 0 radical (unpaired) electrons. The summed E-state index contributed by atoms with van der Waals surface area (Å²) in [4.78, 5) is 25.9. The topological polar surface area (TPSA) is 57.6 Å². The number of halogens is 4. The predicted octanol–water partition coefficient (Wildman–Crippen LogP) is 5.13. The molecule has 1 aliphatic carbocycles. The van der Waals surface area contributed by atoms with E-state index in [0.717, 1.165) is 18.4 Å². The van der Waals surface area contributed by atoms with Gasteiger partial charge in [0.25, 0.3) is 0 Å². The molecule has 3 atom stereocenters. The van der Waals surface area contributed by atoms with Crippen LogP contribution >= 0.6 is 23.4 Å². The van der Waals surface area contributed by atoms with Crippen LogP contribution in [-0.2, 0) is 9.59 Å². The van der Waals surface area contributed by atoms with Gasteiger partial charge < -0.3 is 10.0 Å². The van der Waals surface area contributed by atoms with E-state index in [2.05, 4.69) is 0 Å². The number of thioether (sulfide) groups is 1. The number of rotatable bonds is 7. The molecule has 0 spiro atoms. The SMILES string of the molecule is O=C(O)CC1CCC(c2ccc(Cl)cc2)N(C(CSC(F)(F)F)C2CC2)C1=O. The third kappa shape index (κ3) is 5.35. The predicted molar refractivity (Wildman–Crippen MR) is 101 cm³/mol. The second-order valence-electron chi connectivity index (χ2n) is 7.35. The van der Waals surface area contributed by atoms with Crippen molar-refractivity contribution in [2.24, 2.45) is 11.8 Å². The Balaban J connectivity index is 1.90. The van der Waals surface area contributed by atoms with Crippen LogP contribution in [0.15, 0.2) is 24.3 Å². The van der Waals surface area contributed by atoms with Gasteiger partial charge in [-0.3, -0.25) is 9.59 Å². The standard InChI is InChI=1S/C19H21ClF3NO3S/c20-14-6-3-11(4-7-14)15-8-5-13(9-17(25)26)18(27)24(15)16(12-1-2-12)10-28-19(21,22)23/h3-4,6-7,12-13,15-16H,1-2,5,8-10H2,(H,25,26). The van der Waals surface area contributed by atoms with Crippen LogP contribution in [0, 0.1) is 11.8 Å². The number of carbonyl (C=O) groups excluding carboxylic acids is 1. The first kappa shape index (κ1) is 21.3. The summed E-state index contributed by atoms with van der Waals surface area (Å²) in [5, 5.41) is 9.65. The minimum absolute atomic E-state index is 0.0252. The Morgan fingerprint density at radius 3 is 2.39 bits per heavy atom. The fourth-order valence-electron chi connectivity index (χ4n) is 3.90. The van der Waals surface area contributed by atoms with Gasteiger partial charge in [0.1, 0.15) is 0 Å². The fourth-order valence-corrected chi connectivity index (χ4v) is 4.82. The van der Waals surface area contributed by atoms with Crippen molar-refractivity contribution in [1.29, 1.82) is 0 Å². The molecule has 2 fully saturated rings. The number of nitrogens with zero attached hydrogens (tertiary/aromatic N) is 1. The quantitative estimate of drug-likeness (QED) is 0.645. The number of hydrogen-bond acceptors (Lipinski definition) is 3. The molecular weight excluding hydrogens is 415 g/mol. The van der Waals surface area contributed by atoms with Crippen LogP contribution < -0.4 is 0 Å². The largest absolute Gasteiger partial charge is 0.481 e. The fraction of sp³-hybridized carbons (Fsp3) is 0.579. The number of carboxylic acid groups (broad SMARTS) is 1. The van der Waals surface area contributed by atoms with Crippen LogP contribution in [0.3, 0.4) is 0 Å². The molecule has 1 heterocycles. The van der Waals surface area contributed by atoms with Crippen molar-refractivity contribution in [1.82, 2.24) is 4.90 Å². The van der Waals surface area contributed by atoms with E-state index in [9.17, 15) is 22.8 Å². The second-order valence-corrected chi connectivity index (χ2v) is 8.87. The van der Waals surface area contributed by atoms with Crippen molar-refractivity contribution in [3.8, 4) is 0 Å². The Morgan fingerprint density at radius 1 is 1.21 bits per heavy atom. The molecule has 0 bridgehead atoms. The first-order chi connectivity index (χ1) is 13.2. The minimum Gasteiger partial charge on any atom is -0.481 e. The summed E-state index contributed by atoms with van der Waals surface area (Å²) in [7, 11) is 0. The average molecular weight is 436 g/mol. The molecule has 1 aromatic carbocycles. The van der Waals surface area contributed by atoms with Crippen LogP contribution in [0.1, 0.15) is 43.7 Å². The highest BCUT2D eigenvalue weighted by Gasteiger charge is 2.46. The zero-order valence-corrected chi connectivity index (χ0v) is 16.6. The van der Waals surface area contributed by atoms with Gasteiger partial charge in [0, 0.05) is 22.7 Å². The van der Waals surface area contributed by atoms with E-state index >= 15 is 0 Å². The molecule has 2 aliphatic rings. The summed E-state index contributed by atoms with van der Waals surface area (Å²) >= 11 is 5.83. The summed E-state index contributed by atoms with van der Waals surface area (Å²) in [5.74, 6) is -2.33. The first-order valence-corrected chi connectivity index (χ1v) is 10.5. The van der Waals surface area contributed by atoms with E-state index in [0.29, 0.717) is 17.9 Å². The van der Waals surface area contributed by atoms with Crippen molar-refractivity contribution in [3.05, 3.63) is 34.9 Å². The van der Waals surface area contributed by atoms with E-state index < -0.39 is 23.4 Å². The van der Waals surface area contributed by atoms with Crippen molar-refractivity contribution >= 4 is 35.2 Å². The van der Waals surface area contributed by atoms with Gasteiger partial charge in [0.15, 0.2) is 0 Å². The normalized spacial score (nSPS) is 24.3. The third-order valence-corrected chi connectivity index (χ3v) is 6.43. The molecule has 1 aliphatic heterocycles. The number of alkyl halides is 3. The molecule has 1 amide bonds. The van der Waals surface area contributed by atoms with E-state index in [1.165, 1.54) is 0 Å². The van der Waals surface area contributed by atoms with E-state index in [1.807, 2.05) is 0 Å². The van der Waals surface area contributed by atoms with Crippen LogP contribution in [0.2, 0.25) is 5.02 Å². The lowest BCUT2D eigenvalue weighted by atomic mass is 9.85. The maximum atomic E-state index is 13.2. The summed E-state index contributed by atoms with van der Waals surface area (Å²) < 4.78 is 38.5. The van der Waals surface area contributed by atoms with Crippen LogP contribution in [0.5, 0.6) is 0 Å². The zero-order valence-electron chi connectivity index (χ0n) is 15.0. The lowest BCUT2D eigenvalue weighted by Gasteiger charge is -2.44. The Morgan fingerprint density at radius 2 is 1.86 bits per heavy atom. The Labute approximate surface area is 170 Å². The molecule has 1 N–H and O–H groups in total. The Kier molecular flexibility index (Phi) is 6.49. The maximum Gasteiger partial charge on any atom is 0.441 e. The Bertz CT molecular complexity index is 724. The summed E-state index contributed by atoms with van der Waals surface area (Å²) in [6.07, 6.45) is 2.18. The molecule has 4 nitrogen and oxygen atoms in total. The molecule has 0 aromatic heterocycles. The smallest absolute Gasteiger partial charge is 0.441 e. The second kappa shape index (κ2) is 8.53. The molecule has 3 rings (SSSR count). The number of likely N-dealkylation sites (tertiary alicyclic amines) is 1. The van der Waals surface area contributed by atoms with Crippen molar-refractivity contribution in [2.45, 2.75) is 49.7 Å². The van der Waals surface area contributed by atoms with E-state index in [4.69, 9.17) is 16.7 Å². The van der Waals surface area contributed by atoms with Crippen molar-refractivity contribution < 1.29 is 27.9 Å². The highest BCUT2D eigenvalue weighted by atomic mass is 35.5. The monoisotopic (exact) mass is 435 g/mol. The number of hydrogen-bond donors (Lipinski definition) is 1. The van der Waals surface area contributed by atoms with Crippen molar-refractivity contribution in [3.63, 3.8) is 0 Å².